The molecule has 0 aliphatic carbocycles. The molecule has 5 rings (SSSR count). The molecular formula is C27H22Cl2N4O7. The molecule has 1 unspecified atom stereocenters. The highest BCUT2D eigenvalue weighted by atomic mass is 35.5. The lowest BCUT2D eigenvalue weighted by Gasteiger charge is -2.22. The molecule has 11 nitrogen and oxygen atoms in total. The lowest BCUT2D eigenvalue weighted by Crippen LogP contribution is -2.30. The number of carbonyl (C=O) groups excluding carboxylic acids is 2. The van der Waals surface area contributed by atoms with E-state index in [1.54, 1.807) is 30.3 Å². The number of H-pyrrole nitrogens is 1. The number of aliphatic hydroxyl groups excluding tert-OH is 1. The van der Waals surface area contributed by atoms with Crippen LogP contribution in [-0.2, 0) is 9.59 Å². The van der Waals surface area contributed by atoms with E-state index in [0.29, 0.717) is 28.2 Å². The van der Waals surface area contributed by atoms with Crippen molar-refractivity contribution in [3.63, 3.8) is 0 Å². The molecular weight excluding hydrogens is 563 g/mol. The molecule has 40 heavy (non-hydrogen) atoms. The molecule has 0 radical (unpaired) electrons. The number of aromatic nitrogens is 3. The number of fused-ring (bicyclic) bond motifs is 1. The molecule has 1 aliphatic rings. The lowest BCUT2D eigenvalue weighted by atomic mass is 9.97. The predicted molar refractivity (Wildman–Crippen MR) is 148 cm³/mol. The first-order valence-electron chi connectivity index (χ1n) is 11.7. The molecule has 0 bridgehead atoms. The number of nitrogens with one attached hydrogen (secondary N) is 1. The molecule has 1 atom stereocenters. The van der Waals surface area contributed by atoms with Crippen molar-refractivity contribution in [2.75, 3.05) is 33.3 Å². The number of hydrogen-bond acceptors (Lipinski definition) is 9. The number of amides is 1. The second kappa shape index (κ2) is 10.6. The molecule has 0 saturated carbocycles. The van der Waals surface area contributed by atoms with Gasteiger partial charge in [0.25, 0.3) is 5.78 Å². The Morgan fingerprint density at radius 1 is 0.975 bits per heavy atom. The number of aliphatic hydroxyl groups is 1. The summed E-state index contributed by atoms with van der Waals surface area (Å²) >= 11 is 12.8. The second-order valence-corrected chi connectivity index (χ2v) is 9.28. The Bertz CT molecular complexity index is 1650. The number of imidazole rings is 1. The normalized spacial score (nSPS) is 16.4. The summed E-state index contributed by atoms with van der Waals surface area (Å²) in [5, 5.41) is 11.6. The zero-order chi connectivity index (χ0) is 28.7. The van der Waals surface area contributed by atoms with Gasteiger partial charge in [0.15, 0.2) is 23.0 Å². The number of methoxy groups -OCH3 is 4. The Kier molecular flexibility index (Phi) is 7.17. The number of hydrogen-bond donors (Lipinski definition) is 2. The number of ketones is 1. The third-order valence-electron chi connectivity index (χ3n) is 6.41. The van der Waals surface area contributed by atoms with Crippen LogP contribution in [0.25, 0.3) is 16.8 Å². The fourth-order valence-corrected chi connectivity index (χ4v) is 5.28. The quantitative estimate of drug-likeness (QED) is 0.176. The van der Waals surface area contributed by atoms with Crippen molar-refractivity contribution in [2.24, 2.45) is 0 Å². The Morgan fingerprint density at radius 3 is 2.30 bits per heavy atom. The Labute approximate surface area is 237 Å². The molecule has 13 heteroatoms. The first kappa shape index (κ1) is 27.1. The highest BCUT2D eigenvalue weighted by Gasteiger charge is 2.49. The van der Waals surface area contributed by atoms with Crippen molar-refractivity contribution in [1.29, 1.82) is 0 Å². The number of benzene rings is 2. The summed E-state index contributed by atoms with van der Waals surface area (Å²) in [5.74, 6) is -1.47. The van der Waals surface area contributed by atoms with E-state index in [0.717, 1.165) is 4.90 Å². The van der Waals surface area contributed by atoms with E-state index < -0.39 is 23.5 Å². The van der Waals surface area contributed by atoms with E-state index in [1.807, 2.05) is 0 Å². The Hall–Kier alpha value is -4.48. The van der Waals surface area contributed by atoms with Gasteiger partial charge in [-0.2, -0.15) is 0 Å². The van der Waals surface area contributed by atoms with Gasteiger partial charge >= 0.3 is 5.91 Å². The first-order chi connectivity index (χ1) is 19.2. The van der Waals surface area contributed by atoms with Crippen molar-refractivity contribution in [2.45, 2.75) is 6.04 Å². The number of halogens is 2. The zero-order valence-corrected chi connectivity index (χ0v) is 23.1. The molecule has 1 fully saturated rings. The fourth-order valence-electron chi connectivity index (χ4n) is 4.60. The van der Waals surface area contributed by atoms with Crippen molar-refractivity contribution in [3.05, 3.63) is 69.5 Å². The Morgan fingerprint density at radius 2 is 1.68 bits per heavy atom. The maximum atomic E-state index is 13.5. The second-order valence-electron chi connectivity index (χ2n) is 8.49. The van der Waals surface area contributed by atoms with Crippen LogP contribution >= 0.6 is 23.2 Å². The fraction of sp³-hybridized carbons (Fsp3) is 0.185. The number of carbonyl (C=O) groups is 2. The molecule has 3 heterocycles. The van der Waals surface area contributed by atoms with Gasteiger partial charge in [-0.05, 0) is 18.2 Å². The van der Waals surface area contributed by atoms with E-state index >= 15 is 0 Å². The number of pyridine rings is 1. The number of anilines is 1. The highest BCUT2D eigenvalue weighted by Crippen LogP contribution is 2.47. The smallest absolute Gasteiger partial charge is 0.302 e. The van der Waals surface area contributed by atoms with Crippen molar-refractivity contribution >= 4 is 57.6 Å². The van der Waals surface area contributed by atoms with Gasteiger partial charge in [-0.25, -0.2) is 4.98 Å². The van der Waals surface area contributed by atoms with Gasteiger partial charge in [0.1, 0.15) is 16.8 Å². The summed E-state index contributed by atoms with van der Waals surface area (Å²) in [5.41, 5.74) is 0.976. The average Bonchev–Trinajstić information content (AvgIpc) is 3.49. The molecule has 2 N–H and O–H groups in total. The summed E-state index contributed by atoms with van der Waals surface area (Å²) < 4.78 is 21.4. The molecule has 0 spiro atoms. The van der Waals surface area contributed by atoms with Gasteiger partial charge < -0.3 is 29.0 Å². The molecule has 206 valence electrons. The van der Waals surface area contributed by atoms with E-state index in [9.17, 15) is 14.7 Å². The van der Waals surface area contributed by atoms with Crippen molar-refractivity contribution in [1.82, 2.24) is 15.0 Å². The zero-order valence-electron chi connectivity index (χ0n) is 21.6. The number of ether oxygens (including phenoxy) is 4. The number of nitrogens with zero attached hydrogens (tertiary/aromatic N) is 3. The van der Waals surface area contributed by atoms with Gasteiger partial charge in [0, 0.05) is 18.3 Å². The summed E-state index contributed by atoms with van der Waals surface area (Å²) in [6.45, 7) is 0. The van der Waals surface area contributed by atoms with Gasteiger partial charge in [-0.1, -0.05) is 29.3 Å². The largest absolute Gasteiger partial charge is 0.507 e. The molecule has 1 aliphatic heterocycles. The van der Waals surface area contributed by atoms with Crippen LogP contribution in [0, 0.1) is 0 Å². The molecule has 2 aromatic carbocycles. The maximum absolute atomic E-state index is 13.5. The van der Waals surface area contributed by atoms with Crippen LogP contribution < -0.4 is 23.8 Å². The van der Waals surface area contributed by atoms with Crippen LogP contribution in [0.4, 0.5) is 5.95 Å². The van der Waals surface area contributed by atoms with Crippen LogP contribution in [0.1, 0.15) is 17.3 Å². The van der Waals surface area contributed by atoms with E-state index in [1.165, 1.54) is 40.7 Å². The van der Waals surface area contributed by atoms with Gasteiger partial charge in [0.2, 0.25) is 5.95 Å². The number of rotatable bonds is 7. The van der Waals surface area contributed by atoms with Crippen LogP contribution in [0.5, 0.6) is 23.0 Å². The molecule has 4 aromatic rings. The lowest BCUT2D eigenvalue weighted by molar-refractivity contribution is -0.132. The maximum Gasteiger partial charge on any atom is 0.302 e. The summed E-state index contributed by atoms with van der Waals surface area (Å²) in [6, 6.07) is 8.45. The van der Waals surface area contributed by atoms with Gasteiger partial charge in [-0.3, -0.25) is 19.5 Å². The number of aromatic amines is 1. The van der Waals surface area contributed by atoms with Crippen LogP contribution in [0.15, 0.2) is 48.2 Å². The minimum absolute atomic E-state index is 0.00527. The molecule has 1 saturated heterocycles. The standard InChI is InChI=1S/C27H22Cl2N4O7/c1-37-17-10-15-16(11-18(17)38-2)32-27(31-15)33-21(14-7-5-6-8-30-14)19(23(35)26(33)36)22(34)12-9-13(28)25(40-4)20(29)24(12)39-3/h5-11,21,34H,1-4H3,(H,31,32)/b22-19+. The van der Waals surface area contributed by atoms with E-state index in [-0.39, 0.29) is 38.6 Å². The van der Waals surface area contributed by atoms with E-state index in [2.05, 4.69) is 15.0 Å². The SMILES string of the molecule is COc1cc2nc(N3C(=O)C(=O)/C(=C(/O)c4cc(Cl)c(OC)c(Cl)c4OC)C3c3ccccn3)[nH]c2cc1OC. The highest BCUT2D eigenvalue weighted by molar-refractivity contribution is 6.51. The third kappa shape index (κ3) is 4.23. The topological polar surface area (TPSA) is 136 Å². The number of Topliss-reactive ketones (excluding diaryl/α,β-unsaturated/α-hetero) is 1. The third-order valence-corrected chi connectivity index (χ3v) is 7.03. The van der Waals surface area contributed by atoms with Gasteiger partial charge in [0.05, 0.1) is 61.3 Å². The summed E-state index contributed by atoms with van der Waals surface area (Å²) in [6.07, 6.45) is 1.51. The minimum atomic E-state index is -1.17. The molecule has 1 amide bonds. The summed E-state index contributed by atoms with van der Waals surface area (Å²) in [4.78, 5) is 40.2. The predicted octanol–water partition coefficient (Wildman–Crippen LogP) is 4.93. The Balaban J connectivity index is 1.75. The van der Waals surface area contributed by atoms with Crippen molar-refractivity contribution < 1.29 is 33.6 Å². The monoisotopic (exact) mass is 584 g/mol. The summed E-state index contributed by atoms with van der Waals surface area (Å²) in [7, 11) is 5.68. The molecule has 2 aromatic heterocycles. The van der Waals surface area contributed by atoms with Crippen LogP contribution in [0.2, 0.25) is 10.0 Å². The van der Waals surface area contributed by atoms with Gasteiger partial charge in [-0.15, -0.1) is 0 Å². The van der Waals surface area contributed by atoms with Crippen LogP contribution in [-0.4, -0.2) is 60.2 Å². The first-order valence-corrected chi connectivity index (χ1v) is 12.4. The minimum Gasteiger partial charge on any atom is -0.507 e. The van der Waals surface area contributed by atoms with E-state index in [4.69, 9.17) is 42.1 Å². The van der Waals surface area contributed by atoms with Crippen LogP contribution in [0.3, 0.4) is 0 Å². The average molecular weight is 585 g/mol. The van der Waals surface area contributed by atoms with Crippen molar-refractivity contribution in [3.8, 4) is 23.0 Å².